The summed E-state index contributed by atoms with van der Waals surface area (Å²) in [7, 11) is -5.11. The molecule has 1 heterocycles. The second-order valence-electron chi connectivity index (χ2n) is 4.91. The lowest BCUT2D eigenvalue weighted by Crippen LogP contribution is -2.43. The molecule has 0 atom stereocenters. The lowest BCUT2D eigenvalue weighted by atomic mass is 9.99. The summed E-state index contributed by atoms with van der Waals surface area (Å²) in [5, 5.41) is 0. The maximum absolute atomic E-state index is 13.4. The van der Waals surface area contributed by atoms with Crippen molar-refractivity contribution in [2.75, 3.05) is 13.2 Å². The molecule has 0 radical (unpaired) electrons. The molecule has 1 amide bonds. The highest BCUT2D eigenvalue weighted by atomic mass is 32.3. The number of carbonyl (C=O) groups excluding carboxylic acids is 1. The van der Waals surface area contributed by atoms with Gasteiger partial charge in [-0.25, -0.2) is 0 Å². The molecular weight excluding hydrogens is 342 g/mol. The van der Waals surface area contributed by atoms with Crippen molar-refractivity contribution >= 4 is 16.1 Å². The van der Waals surface area contributed by atoms with Crippen molar-refractivity contribution in [3.63, 3.8) is 0 Å². The first-order valence-corrected chi connectivity index (χ1v) is 8.01. The third-order valence-corrected chi connectivity index (χ3v) is 4.21. The summed E-state index contributed by atoms with van der Waals surface area (Å²) in [5.74, 6) is -2.20. The van der Waals surface area contributed by atoms with Gasteiger partial charge in [0.15, 0.2) is 0 Å². The molecule has 0 aromatic heterocycles. The summed E-state index contributed by atoms with van der Waals surface area (Å²) in [4.78, 5) is 11.1. The van der Waals surface area contributed by atoms with E-state index in [0.29, 0.717) is 10.5 Å². The Balaban J connectivity index is 2.42. The van der Waals surface area contributed by atoms with Gasteiger partial charge in [-0.05, 0) is 36.6 Å². The van der Waals surface area contributed by atoms with Crippen LogP contribution < -0.4 is 4.74 Å². The molecule has 5 nitrogen and oxygen atoms in total. The second kappa shape index (κ2) is 5.99. The molecule has 0 bridgehead atoms. The van der Waals surface area contributed by atoms with E-state index in [1.165, 1.54) is 6.07 Å². The maximum atomic E-state index is 13.4. The Kier molecular flexibility index (Phi) is 4.56. The van der Waals surface area contributed by atoms with Gasteiger partial charge in [-0.1, -0.05) is 0 Å². The van der Waals surface area contributed by atoms with Crippen molar-refractivity contribution < 1.29 is 35.0 Å². The highest BCUT2D eigenvalue weighted by Crippen LogP contribution is 2.33. The fourth-order valence-electron chi connectivity index (χ4n) is 2.38. The van der Waals surface area contributed by atoms with Crippen LogP contribution in [0.15, 0.2) is 17.0 Å². The van der Waals surface area contributed by atoms with Crippen molar-refractivity contribution in [2.24, 2.45) is 0 Å². The number of nitrogens with zero attached hydrogens (tertiary/aromatic N) is 1. The smallest absolute Gasteiger partial charge is 0.471 e. The van der Waals surface area contributed by atoms with Crippen molar-refractivity contribution in [1.82, 2.24) is 4.90 Å². The lowest BCUT2D eigenvalue weighted by molar-refractivity contribution is -0.186. The zero-order valence-corrected chi connectivity index (χ0v) is 12.8. The van der Waals surface area contributed by atoms with Crippen molar-refractivity contribution in [1.29, 1.82) is 0 Å². The summed E-state index contributed by atoms with van der Waals surface area (Å²) in [5.41, 5.74) is 0.667. The fourth-order valence-corrected chi connectivity index (χ4v) is 3.02. The molecule has 0 saturated carbocycles. The second-order valence-corrected chi connectivity index (χ2v) is 6.23. The Hall–Kier alpha value is -1.84. The monoisotopic (exact) mass is 355 g/mol. The summed E-state index contributed by atoms with van der Waals surface area (Å²) in [6.07, 6.45) is -4.93. The van der Waals surface area contributed by atoms with Gasteiger partial charge in [0.25, 0.3) is 0 Å². The molecule has 1 aromatic rings. The minimum Gasteiger partial charge on any atom is -0.492 e. The van der Waals surface area contributed by atoms with E-state index in [-0.39, 0.29) is 30.9 Å². The number of amides is 1. The van der Waals surface area contributed by atoms with E-state index in [4.69, 9.17) is 4.74 Å². The van der Waals surface area contributed by atoms with Gasteiger partial charge in [0.05, 0.1) is 6.61 Å². The van der Waals surface area contributed by atoms with Gasteiger partial charge < -0.3 is 9.64 Å². The normalized spacial score (nSPS) is 15.3. The van der Waals surface area contributed by atoms with Crippen LogP contribution in [0.25, 0.3) is 0 Å². The van der Waals surface area contributed by atoms with Crippen molar-refractivity contribution in [3.05, 3.63) is 23.3 Å². The Morgan fingerprint density at radius 2 is 1.96 bits per heavy atom. The van der Waals surface area contributed by atoms with Crippen LogP contribution in [0.3, 0.4) is 0 Å². The first-order valence-electron chi connectivity index (χ1n) is 6.63. The molecule has 23 heavy (non-hydrogen) atoms. The highest BCUT2D eigenvalue weighted by molar-refractivity contribution is 7.86. The van der Waals surface area contributed by atoms with Crippen LogP contribution in [0.5, 0.6) is 5.75 Å². The minimum absolute atomic E-state index is 0.0871. The van der Waals surface area contributed by atoms with Crippen LogP contribution in [-0.4, -0.2) is 38.6 Å². The zero-order chi connectivity index (χ0) is 17.4. The third kappa shape index (κ3) is 3.74. The Morgan fingerprint density at radius 3 is 2.48 bits per heavy atom. The van der Waals surface area contributed by atoms with Gasteiger partial charge in [-0.15, -0.1) is 3.89 Å². The standard InChI is InChI=1S/C13H13F4NO4S/c1-2-22-10-5-8-3-4-18(12(19)13(14,15)16)7-9(8)6-11(10)23(17,20)21/h5-6H,2-4,7H2,1H3. The summed E-state index contributed by atoms with van der Waals surface area (Å²) in [6, 6.07) is 2.21. The van der Waals surface area contributed by atoms with Crippen LogP contribution in [0.2, 0.25) is 0 Å². The number of alkyl halides is 3. The van der Waals surface area contributed by atoms with Gasteiger partial charge in [0, 0.05) is 13.1 Å². The van der Waals surface area contributed by atoms with Crippen molar-refractivity contribution in [3.8, 4) is 5.75 Å². The first kappa shape index (κ1) is 17.5. The van der Waals surface area contributed by atoms with Crippen LogP contribution in [0.1, 0.15) is 18.1 Å². The Bertz CT molecular complexity index is 730. The SMILES string of the molecule is CCOc1cc2c(cc1S(=O)(=O)F)CN(C(=O)C(F)(F)F)CC2. The molecule has 0 saturated heterocycles. The largest absolute Gasteiger partial charge is 0.492 e. The highest BCUT2D eigenvalue weighted by Gasteiger charge is 2.43. The molecule has 0 aliphatic carbocycles. The zero-order valence-electron chi connectivity index (χ0n) is 12.0. The summed E-state index contributed by atoms with van der Waals surface area (Å²) < 4.78 is 78.2. The van der Waals surface area contributed by atoms with Gasteiger partial charge >= 0.3 is 22.3 Å². The molecule has 1 aromatic carbocycles. The van der Waals surface area contributed by atoms with E-state index < -0.39 is 33.7 Å². The van der Waals surface area contributed by atoms with E-state index in [1.54, 1.807) is 6.92 Å². The predicted octanol–water partition coefficient (Wildman–Crippen LogP) is 2.19. The maximum Gasteiger partial charge on any atom is 0.471 e. The average Bonchev–Trinajstić information content (AvgIpc) is 2.43. The number of benzene rings is 1. The van der Waals surface area contributed by atoms with E-state index in [9.17, 15) is 30.3 Å². The van der Waals surface area contributed by atoms with Gasteiger partial charge in [0.1, 0.15) is 10.6 Å². The topological polar surface area (TPSA) is 63.7 Å². The van der Waals surface area contributed by atoms with Crippen LogP contribution in [-0.2, 0) is 28.0 Å². The van der Waals surface area contributed by atoms with Crippen LogP contribution in [0.4, 0.5) is 17.1 Å². The molecule has 2 rings (SSSR count). The molecule has 1 aliphatic rings. The number of fused-ring (bicyclic) bond motifs is 1. The minimum atomic E-state index is -5.11. The van der Waals surface area contributed by atoms with E-state index >= 15 is 0 Å². The van der Waals surface area contributed by atoms with Crippen LogP contribution >= 0.6 is 0 Å². The van der Waals surface area contributed by atoms with E-state index in [2.05, 4.69) is 0 Å². The molecular formula is C13H13F4NO4S. The molecule has 0 fully saturated rings. The summed E-state index contributed by atoms with van der Waals surface area (Å²) >= 11 is 0. The average molecular weight is 355 g/mol. The van der Waals surface area contributed by atoms with Gasteiger partial charge in [-0.2, -0.15) is 21.6 Å². The number of halogens is 4. The van der Waals surface area contributed by atoms with E-state index in [0.717, 1.165) is 6.07 Å². The van der Waals surface area contributed by atoms with Gasteiger partial charge in [-0.3, -0.25) is 4.79 Å². The molecule has 0 spiro atoms. The van der Waals surface area contributed by atoms with E-state index in [1.807, 2.05) is 0 Å². The lowest BCUT2D eigenvalue weighted by Gasteiger charge is -2.30. The molecule has 0 N–H and O–H groups in total. The Labute approximate surface area is 130 Å². The number of carbonyl (C=O) groups is 1. The Morgan fingerprint density at radius 1 is 1.30 bits per heavy atom. The number of hydrogen-bond donors (Lipinski definition) is 0. The summed E-state index contributed by atoms with van der Waals surface area (Å²) in [6.45, 7) is 1.07. The molecule has 0 unspecified atom stereocenters. The van der Waals surface area contributed by atoms with Crippen molar-refractivity contribution in [2.45, 2.75) is 31.0 Å². The number of hydrogen-bond acceptors (Lipinski definition) is 4. The quantitative estimate of drug-likeness (QED) is 0.616. The molecule has 10 heteroatoms. The first-order chi connectivity index (χ1) is 10.5. The number of ether oxygens (including phenoxy) is 1. The fraction of sp³-hybridized carbons (Fsp3) is 0.462. The molecule has 1 aliphatic heterocycles. The molecule has 128 valence electrons. The number of rotatable bonds is 3. The third-order valence-electron chi connectivity index (χ3n) is 3.37. The predicted molar refractivity (Wildman–Crippen MR) is 71.1 cm³/mol. The van der Waals surface area contributed by atoms with Crippen LogP contribution in [0, 0.1) is 0 Å². The van der Waals surface area contributed by atoms with Gasteiger partial charge in [0.2, 0.25) is 0 Å².